The van der Waals surface area contributed by atoms with Crippen LogP contribution < -0.4 is 5.32 Å². The molecule has 0 aromatic rings. The Labute approximate surface area is 93.6 Å². The quantitative estimate of drug-likeness (QED) is 0.579. The van der Waals surface area contributed by atoms with Crippen LogP contribution in [0.25, 0.3) is 0 Å². The maximum Gasteiger partial charge on any atom is 0.148 e. The van der Waals surface area contributed by atoms with E-state index in [0.29, 0.717) is 6.54 Å². The van der Waals surface area contributed by atoms with E-state index in [2.05, 4.69) is 5.32 Å². The van der Waals surface area contributed by atoms with Crippen LogP contribution in [0.15, 0.2) is 0 Å². The normalized spacial score (nSPS) is 20.1. The largest absolute Gasteiger partial charge is 0.315 e. The van der Waals surface area contributed by atoms with Crippen LogP contribution in [0, 0.1) is 5.92 Å². The maximum atomic E-state index is 10.9. The first-order chi connectivity index (χ1) is 7.08. The smallest absolute Gasteiger partial charge is 0.148 e. The molecule has 1 saturated carbocycles. The molecule has 0 unspecified atom stereocenters. The molecule has 1 aliphatic rings. The van der Waals surface area contributed by atoms with Crippen molar-refractivity contribution in [1.82, 2.24) is 5.32 Å². The van der Waals surface area contributed by atoms with Gasteiger partial charge in [-0.2, -0.15) is 0 Å². The van der Waals surface area contributed by atoms with Gasteiger partial charge in [0.2, 0.25) is 0 Å². The highest BCUT2D eigenvalue weighted by molar-refractivity contribution is 7.90. The van der Waals surface area contributed by atoms with Crippen LogP contribution in [-0.2, 0) is 9.84 Å². The molecule has 0 aromatic carbocycles. The molecule has 0 saturated heterocycles. The average Bonchev–Trinajstić information content (AvgIpc) is 2.39. The molecule has 1 aliphatic carbocycles. The summed E-state index contributed by atoms with van der Waals surface area (Å²) in [5.41, 5.74) is 0. The van der Waals surface area contributed by atoms with E-state index in [4.69, 9.17) is 0 Å². The van der Waals surface area contributed by atoms with Crippen LogP contribution in [0.3, 0.4) is 0 Å². The predicted octanol–water partition coefficient (Wildman–Crippen LogP) is 1.59. The SMILES string of the molecule is CS(=O)(=O)CCNCC1CCCCCC1. The Morgan fingerprint density at radius 2 is 1.73 bits per heavy atom. The van der Waals surface area contributed by atoms with Gasteiger partial charge in [-0.1, -0.05) is 25.7 Å². The van der Waals surface area contributed by atoms with Gasteiger partial charge in [0.1, 0.15) is 9.84 Å². The van der Waals surface area contributed by atoms with Gasteiger partial charge in [-0.3, -0.25) is 0 Å². The second-order valence-corrected chi connectivity index (χ2v) is 6.95. The van der Waals surface area contributed by atoms with Gasteiger partial charge in [0.25, 0.3) is 0 Å². The molecule has 0 aliphatic heterocycles. The summed E-state index contributed by atoms with van der Waals surface area (Å²) in [5.74, 6) is 1.03. The Balaban J connectivity index is 2.08. The molecule has 1 fully saturated rings. The first-order valence-corrected chi connectivity index (χ1v) is 8.02. The van der Waals surface area contributed by atoms with Crippen LogP contribution in [0.2, 0.25) is 0 Å². The van der Waals surface area contributed by atoms with E-state index in [1.54, 1.807) is 0 Å². The molecule has 1 rings (SSSR count). The Kier molecular flexibility index (Phi) is 5.61. The molecule has 0 radical (unpaired) electrons. The Bertz CT molecular complexity index is 254. The zero-order valence-corrected chi connectivity index (χ0v) is 10.5. The van der Waals surface area contributed by atoms with Crippen molar-refractivity contribution < 1.29 is 8.42 Å². The summed E-state index contributed by atoms with van der Waals surface area (Å²) in [6.07, 6.45) is 9.36. The molecular weight excluding hydrogens is 210 g/mol. The third kappa shape index (κ3) is 6.90. The molecular formula is C11H23NO2S. The number of nitrogens with one attached hydrogen (secondary N) is 1. The number of hydrogen-bond donors (Lipinski definition) is 1. The molecule has 1 N–H and O–H groups in total. The van der Waals surface area contributed by atoms with E-state index in [1.807, 2.05) is 0 Å². The zero-order chi connectivity index (χ0) is 11.1. The number of rotatable bonds is 5. The van der Waals surface area contributed by atoms with Gasteiger partial charge in [-0.25, -0.2) is 8.42 Å². The van der Waals surface area contributed by atoms with E-state index >= 15 is 0 Å². The predicted molar refractivity (Wildman–Crippen MR) is 63.8 cm³/mol. The third-order valence-electron chi connectivity index (χ3n) is 3.06. The summed E-state index contributed by atoms with van der Waals surface area (Å²) in [6, 6.07) is 0. The van der Waals surface area contributed by atoms with Crippen molar-refractivity contribution in [2.24, 2.45) is 5.92 Å². The first kappa shape index (κ1) is 13.0. The van der Waals surface area contributed by atoms with Crippen LogP contribution >= 0.6 is 0 Å². The molecule has 3 nitrogen and oxygen atoms in total. The third-order valence-corrected chi connectivity index (χ3v) is 4.00. The number of hydrogen-bond acceptors (Lipinski definition) is 3. The molecule has 0 atom stereocenters. The first-order valence-electron chi connectivity index (χ1n) is 5.96. The lowest BCUT2D eigenvalue weighted by molar-refractivity contribution is 0.431. The molecule has 4 heteroatoms. The topological polar surface area (TPSA) is 46.2 Å². The van der Waals surface area contributed by atoms with E-state index < -0.39 is 9.84 Å². The minimum Gasteiger partial charge on any atom is -0.315 e. The lowest BCUT2D eigenvalue weighted by Crippen LogP contribution is -2.27. The van der Waals surface area contributed by atoms with Crippen molar-refractivity contribution in [3.8, 4) is 0 Å². The molecule has 0 heterocycles. The summed E-state index contributed by atoms with van der Waals surface area (Å²) in [7, 11) is -2.80. The molecule has 0 bridgehead atoms. The minimum atomic E-state index is -2.80. The maximum absolute atomic E-state index is 10.9. The fourth-order valence-electron chi connectivity index (χ4n) is 2.13. The van der Waals surface area contributed by atoms with Gasteiger partial charge >= 0.3 is 0 Å². The van der Waals surface area contributed by atoms with Gasteiger partial charge < -0.3 is 5.32 Å². The average molecular weight is 233 g/mol. The minimum absolute atomic E-state index is 0.264. The van der Waals surface area contributed by atoms with Gasteiger partial charge in [-0.05, 0) is 25.3 Å². The van der Waals surface area contributed by atoms with Crippen molar-refractivity contribution in [3.63, 3.8) is 0 Å². The monoisotopic (exact) mass is 233 g/mol. The van der Waals surface area contributed by atoms with E-state index in [0.717, 1.165) is 12.5 Å². The fraction of sp³-hybridized carbons (Fsp3) is 1.00. The summed E-state index contributed by atoms with van der Waals surface area (Å²) in [5, 5.41) is 3.26. The molecule has 0 spiro atoms. The lowest BCUT2D eigenvalue weighted by atomic mass is 10.0. The van der Waals surface area contributed by atoms with Crippen LogP contribution in [0.5, 0.6) is 0 Å². The van der Waals surface area contributed by atoms with Crippen LogP contribution in [-0.4, -0.2) is 33.5 Å². The highest BCUT2D eigenvalue weighted by Crippen LogP contribution is 2.21. The second-order valence-electron chi connectivity index (χ2n) is 4.69. The molecule has 90 valence electrons. The van der Waals surface area contributed by atoms with Crippen molar-refractivity contribution >= 4 is 9.84 Å². The van der Waals surface area contributed by atoms with Gasteiger partial charge in [0, 0.05) is 12.8 Å². The molecule has 0 amide bonds. The van der Waals surface area contributed by atoms with Crippen molar-refractivity contribution in [2.75, 3.05) is 25.1 Å². The Hall–Kier alpha value is -0.0900. The van der Waals surface area contributed by atoms with E-state index in [1.165, 1.54) is 44.8 Å². The standard InChI is InChI=1S/C11H23NO2S/c1-15(13,14)9-8-12-10-11-6-4-2-3-5-7-11/h11-12H,2-10H2,1H3. The van der Waals surface area contributed by atoms with Crippen LogP contribution in [0.1, 0.15) is 38.5 Å². The fourth-order valence-corrected chi connectivity index (χ4v) is 2.65. The van der Waals surface area contributed by atoms with Gasteiger partial charge in [0.05, 0.1) is 5.75 Å². The second kappa shape index (κ2) is 6.48. The number of sulfone groups is 1. The highest BCUT2D eigenvalue weighted by atomic mass is 32.2. The Morgan fingerprint density at radius 3 is 2.27 bits per heavy atom. The summed E-state index contributed by atoms with van der Waals surface area (Å²) >= 11 is 0. The van der Waals surface area contributed by atoms with Gasteiger partial charge in [0.15, 0.2) is 0 Å². The molecule has 15 heavy (non-hydrogen) atoms. The van der Waals surface area contributed by atoms with Crippen molar-refractivity contribution in [1.29, 1.82) is 0 Å². The van der Waals surface area contributed by atoms with E-state index in [9.17, 15) is 8.42 Å². The zero-order valence-electron chi connectivity index (χ0n) is 9.67. The molecule has 0 aromatic heterocycles. The highest BCUT2D eigenvalue weighted by Gasteiger charge is 2.11. The van der Waals surface area contributed by atoms with E-state index in [-0.39, 0.29) is 5.75 Å². The lowest BCUT2D eigenvalue weighted by Gasteiger charge is -2.14. The van der Waals surface area contributed by atoms with Crippen molar-refractivity contribution in [2.45, 2.75) is 38.5 Å². The summed E-state index contributed by atoms with van der Waals surface area (Å²) < 4.78 is 21.8. The van der Waals surface area contributed by atoms with Crippen molar-refractivity contribution in [3.05, 3.63) is 0 Å². The Morgan fingerprint density at radius 1 is 1.13 bits per heavy atom. The summed E-state index contributed by atoms with van der Waals surface area (Å²) in [4.78, 5) is 0. The van der Waals surface area contributed by atoms with Gasteiger partial charge in [-0.15, -0.1) is 0 Å². The van der Waals surface area contributed by atoms with Crippen LogP contribution in [0.4, 0.5) is 0 Å². The summed E-state index contributed by atoms with van der Waals surface area (Å²) in [6.45, 7) is 1.60.